The van der Waals surface area contributed by atoms with Crippen LogP contribution >= 0.6 is 0 Å². The molecular weight excluding hydrogens is 298 g/mol. The number of rotatable bonds is 7. The monoisotopic (exact) mass is 335 g/mol. The van der Waals surface area contributed by atoms with E-state index in [0.29, 0.717) is 17.3 Å². The molecule has 0 aromatic heterocycles. The Morgan fingerprint density at radius 1 is 1.12 bits per heavy atom. The Balaban J connectivity index is 1.89. The van der Waals surface area contributed by atoms with E-state index in [4.69, 9.17) is 4.74 Å². The van der Waals surface area contributed by atoms with E-state index in [0.717, 1.165) is 38.7 Å². The van der Waals surface area contributed by atoms with Crippen molar-refractivity contribution in [2.75, 3.05) is 13.7 Å². The second kappa shape index (κ2) is 8.19. The largest absolute Gasteiger partial charge is 0.393 e. The molecule has 5 atom stereocenters. The highest BCUT2D eigenvalue weighted by atomic mass is 16.5. The predicted molar refractivity (Wildman–Crippen MR) is 97.4 cm³/mol. The van der Waals surface area contributed by atoms with Gasteiger partial charge in [-0.25, -0.2) is 0 Å². The van der Waals surface area contributed by atoms with E-state index in [1.54, 1.807) is 7.11 Å². The topological polar surface area (TPSA) is 53.2 Å². The molecule has 2 saturated carbocycles. The van der Waals surface area contributed by atoms with E-state index in [1.165, 1.54) is 25.7 Å². The zero-order valence-electron chi connectivity index (χ0n) is 16.2. The predicted octanol–water partition coefficient (Wildman–Crippen LogP) is 4.94. The molecule has 0 bridgehead atoms. The fraction of sp³-hybridized carbons (Fsp3) is 0.952. The summed E-state index contributed by atoms with van der Waals surface area (Å²) in [6.07, 6.45) is 9.90. The molecule has 0 aliphatic heterocycles. The Kier molecular flexibility index (Phi) is 6.74. The van der Waals surface area contributed by atoms with E-state index in [-0.39, 0.29) is 17.4 Å². The molecule has 0 aromatic carbocycles. The molecule has 0 aromatic rings. The summed E-state index contributed by atoms with van der Waals surface area (Å²) in [4.78, 5) is 0. The molecule has 24 heavy (non-hydrogen) atoms. The van der Waals surface area contributed by atoms with Gasteiger partial charge in [0.05, 0.1) is 18.1 Å². The van der Waals surface area contributed by atoms with Crippen LogP contribution in [-0.4, -0.2) is 24.9 Å². The van der Waals surface area contributed by atoms with Crippen molar-refractivity contribution in [1.82, 2.24) is 0 Å². The van der Waals surface area contributed by atoms with Gasteiger partial charge in [-0.1, -0.05) is 27.2 Å². The van der Waals surface area contributed by atoms with E-state index in [1.807, 2.05) is 0 Å². The van der Waals surface area contributed by atoms with Crippen LogP contribution in [0.4, 0.5) is 0 Å². The molecule has 2 rings (SSSR count). The van der Waals surface area contributed by atoms with Crippen LogP contribution in [-0.2, 0) is 4.74 Å². The van der Waals surface area contributed by atoms with Gasteiger partial charge in [0.2, 0.25) is 0 Å². The Hall–Kier alpha value is -0.590. The highest BCUT2D eigenvalue weighted by molar-refractivity contribution is 5.04. The molecule has 2 fully saturated rings. The summed E-state index contributed by atoms with van der Waals surface area (Å²) in [5.74, 6) is 1.47. The minimum Gasteiger partial charge on any atom is -0.393 e. The number of hydrogen-bond acceptors (Lipinski definition) is 3. The maximum atomic E-state index is 10.0. The van der Waals surface area contributed by atoms with Crippen LogP contribution in [0.3, 0.4) is 0 Å². The highest BCUT2D eigenvalue weighted by Crippen LogP contribution is 2.52. The van der Waals surface area contributed by atoms with E-state index >= 15 is 0 Å². The van der Waals surface area contributed by atoms with Crippen molar-refractivity contribution in [3.8, 4) is 6.07 Å². The zero-order valence-corrected chi connectivity index (χ0v) is 16.2. The van der Waals surface area contributed by atoms with Gasteiger partial charge in [-0.3, -0.25) is 0 Å². The smallest absolute Gasteiger partial charge is 0.0661 e. The molecule has 3 heteroatoms. The van der Waals surface area contributed by atoms with E-state index in [2.05, 4.69) is 26.8 Å². The molecule has 138 valence electrons. The number of methoxy groups -OCH3 is 1. The lowest BCUT2D eigenvalue weighted by Gasteiger charge is -2.41. The third-order valence-electron chi connectivity index (χ3n) is 7.42. The Morgan fingerprint density at radius 2 is 1.83 bits per heavy atom. The van der Waals surface area contributed by atoms with Gasteiger partial charge < -0.3 is 9.84 Å². The maximum Gasteiger partial charge on any atom is 0.0661 e. The number of aliphatic hydroxyl groups is 1. The number of hydrogen-bond donors (Lipinski definition) is 1. The van der Waals surface area contributed by atoms with Crippen molar-refractivity contribution in [3.05, 3.63) is 0 Å². The summed E-state index contributed by atoms with van der Waals surface area (Å²) in [5.41, 5.74) is 0.482. The number of ether oxygens (including phenoxy) is 1. The molecule has 1 N–H and O–H groups in total. The van der Waals surface area contributed by atoms with Crippen molar-refractivity contribution in [2.24, 2.45) is 28.6 Å². The van der Waals surface area contributed by atoms with Crippen LogP contribution in [0.15, 0.2) is 0 Å². The lowest BCUT2D eigenvalue weighted by atomic mass is 9.65. The quantitative estimate of drug-likeness (QED) is 0.717. The second-order valence-electron chi connectivity index (χ2n) is 9.25. The molecule has 2 aliphatic rings. The average Bonchev–Trinajstić information content (AvgIpc) is 2.85. The molecule has 0 radical (unpaired) electrons. The van der Waals surface area contributed by atoms with Crippen molar-refractivity contribution >= 4 is 0 Å². The molecule has 0 spiro atoms. The summed E-state index contributed by atoms with van der Waals surface area (Å²) in [6.45, 7) is 7.81. The molecule has 0 heterocycles. The molecule has 0 saturated heterocycles. The van der Waals surface area contributed by atoms with Crippen molar-refractivity contribution < 1.29 is 9.84 Å². The Morgan fingerprint density at radius 3 is 2.50 bits per heavy atom. The van der Waals surface area contributed by atoms with Crippen molar-refractivity contribution in [3.63, 3.8) is 0 Å². The summed E-state index contributed by atoms with van der Waals surface area (Å²) >= 11 is 0. The SMILES string of the molecule is COCC[C@@]1(C)[C@H](CCC[C@@H]2C[C@H](O)CCC2(C)C)CC[C@@H]1C#N. The van der Waals surface area contributed by atoms with E-state index < -0.39 is 0 Å². The van der Waals surface area contributed by atoms with Crippen LogP contribution in [0, 0.1) is 39.9 Å². The van der Waals surface area contributed by atoms with Crippen molar-refractivity contribution in [1.29, 1.82) is 5.26 Å². The first kappa shape index (κ1) is 19.7. The highest BCUT2D eigenvalue weighted by Gasteiger charge is 2.46. The van der Waals surface area contributed by atoms with Gasteiger partial charge in [0.15, 0.2) is 0 Å². The third-order valence-corrected chi connectivity index (χ3v) is 7.42. The van der Waals surface area contributed by atoms with Crippen LogP contribution in [0.5, 0.6) is 0 Å². The summed E-state index contributed by atoms with van der Waals surface area (Å²) in [5, 5.41) is 19.5. The fourth-order valence-electron chi connectivity index (χ4n) is 5.33. The van der Waals surface area contributed by atoms with Crippen LogP contribution in [0.1, 0.15) is 78.6 Å². The van der Waals surface area contributed by atoms with Gasteiger partial charge in [-0.2, -0.15) is 5.26 Å². The van der Waals surface area contributed by atoms with Gasteiger partial charge in [-0.15, -0.1) is 0 Å². The number of aliphatic hydroxyl groups excluding tert-OH is 1. The normalized spacial score (nSPS) is 38.8. The lowest BCUT2D eigenvalue weighted by molar-refractivity contribution is 0.0216. The van der Waals surface area contributed by atoms with Gasteiger partial charge in [0.1, 0.15) is 0 Å². The first-order valence-electron chi connectivity index (χ1n) is 9.90. The van der Waals surface area contributed by atoms with Gasteiger partial charge in [0.25, 0.3) is 0 Å². The minimum absolute atomic E-state index is 0.0931. The second-order valence-corrected chi connectivity index (χ2v) is 9.25. The molecule has 0 unspecified atom stereocenters. The molecule has 2 aliphatic carbocycles. The average molecular weight is 336 g/mol. The third kappa shape index (κ3) is 4.33. The van der Waals surface area contributed by atoms with Gasteiger partial charge in [-0.05, 0) is 74.0 Å². The maximum absolute atomic E-state index is 10.0. The lowest BCUT2D eigenvalue weighted by Crippen LogP contribution is -2.34. The van der Waals surface area contributed by atoms with Gasteiger partial charge >= 0.3 is 0 Å². The number of nitriles is 1. The van der Waals surface area contributed by atoms with E-state index in [9.17, 15) is 10.4 Å². The van der Waals surface area contributed by atoms with Crippen molar-refractivity contribution in [2.45, 2.75) is 84.7 Å². The first-order chi connectivity index (χ1) is 11.3. The van der Waals surface area contributed by atoms with Crippen LogP contribution in [0.25, 0.3) is 0 Å². The fourth-order valence-corrected chi connectivity index (χ4v) is 5.33. The Bertz CT molecular complexity index is 442. The minimum atomic E-state index is -0.0931. The van der Waals surface area contributed by atoms with Crippen LogP contribution < -0.4 is 0 Å². The molecular formula is C21H37NO2. The summed E-state index contributed by atoms with van der Waals surface area (Å²) in [7, 11) is 1.76. The number of nitrogens with zero attached hydrogens (tertiary/aromatic N) is 1. The summed E-state index contributed by atoms with van der Waals surface area (Å²) < 4.78 is 5.31. The molecule has 0 amide bonds. The summed E-state index contributed by atoms with van der Waals surface area (Å²) in [6, 6.07) is 2.56. The molecule has 3 nitrogen and oxygen atoms in total. The zero-order chi connectivity index (χ0) is 17.8. The van der Waals surface area contributed by atoms with Crippen LogP contribution in [0.2, 0.25) is 0 Å². The first-order valence-corrected chi connectivity index (χ1v) is 9.90. The van der Waals surface area contributed by atoms with Gasteiger partial charge in [0, 0.05) is 13.7 Å². The Labute approximate surface area is 148 Å². The standard InChI is InChI=1S/C21H37NO2/c1-20(2)11-10-19(23)14-17(20)7-5-6-16-8-9-18(15-22)21(16,3)12-13-24-4/h16-19,23H,5-14H2,1-4H3/t16-,17-,18-,19-,21+/m1/s1.